The third-order valence-electron chi connectivity index (χ3n) is 1.68. The molecule has 0 aromatic heterocycles. The Morgan fingerprint density at radius 2 is 2.31 bits per heavy atom. The van der Waals surface area contributed by atoms with Crippen molar-refractivity contribution < 1.29 is 19.2 Å². The van der Waals surface area contributed by atoms with Gasteiger partial charge in [-0.2, -0.15) is 0 Å². The molecular formula is C9H9BrFNO4. The summed E-state index contributed by atoms with van der Waals surface area (Å²) < 4.78 is 18.1. The number of aliphatic hydroxyl groups is 1. The quantitative estimate of drug-likeness (QED) is 0.683. The number of nitro benzene ring substituents is 1. The number of hydrogen-bond acceptors (Lipinski definition) is 4. The van der Waals surface area contributed by atoms with Gasteiger partial charge in [0.25, 0.3) is 0 Å². The van der Waals surface area contributed by atoms with Crippen LogP contribution in [0.25, 0.3) is 0 Å². The van der Waals surface area contributed by atoms with Gasteiger partial charge in [0.1, 0.15) is 12.4 Å². The summed E-state index contributed by atoms with van der Waals surface area (Å²) in [6.07, 6.45) is -0.786. The molecule has 7 heteroatoms. The monoisotopic (exact) mass is 293 g/mol. The molecule has 88 valence electrons. The van der Waals surface area contributed by atoms with Crippen LogP contribution in [-0.2, 0) is 0 Å². The number of aliphatic hydroxyl groups excluding tert-OH is 1. The predicted octanol–water partition coefficient (Wildman–Crippen LogP) is 2.26. The second-order valence-corrected chi connectivity index (χ2v) is 4.01. The Morgan fingerprint density at radius 3 is 2.81 bits per heavy atom. The zero-order valence-corrected chi connectivity index (χ0v) is 9.90. The molecule has 1 unspecified atom stereocenters. The molecule has 0 aliphatic heterocycles. The van der Waals surface area contributed by atoms with E-state index in [0.29, 0.717) is 0 Å². The summed E-state index contributed by atoms with van der Waals surface area (Å²) in [5.74, 6) is -0.863. The van der Waals surface area contributed by atoms with E-state index in [4.69, 9.17) is 9.84 Å². The van der Waals surface area contributed by atoms with Gasteiger partial charge in [0, 0.05) is 12.1 Å². The van der Waals surface area contributed by atoms with E-state index >= 15 is 0 Å². The van der Waals surface area contributed by atoms with Crippen LogP contribution in [0.1, 0.15) is 6.92 Å². The van der Waals surface area contributed by atoms with Crippen LogP contribution < -0.4 is 4.74 Å². The molecule has 0 heterocycles. The number of hydrogen-bond donors (Lipinski definition) is 1. The summed E-state index contributed by atoms with van der Waals surface area (Å²) in [4.78, 5) is 9.97. The highest BCUT2D eigenvalue weighted by molar-refractivity contribution is 9.10. The zero-order valence-electron chi connectivity index (χ0n) is 8.31. The van der Waals surface area contributed by atoms with E-state index in [1.54, 1.807) is 0 Å². The lowest BCUT2D eigenvalue weighted by molar-refractivity contribution is -0.386. The largest absolute Gasteiger partial charge is 0.484 e. The van der Waals surface area contributed by atoms with E-state index in [9.17, 15) is 14.5 Å². The summed E-state index contributed by atoms with van der Waals surface area (Å²) in [5.41, 5.74) is -0.353. The van der Waals surface area contributed by atoms with Crippen molar-refractivity contribution in [3.05, 3.63) is 32.5 Å². The van der Waals surface area contributed by atoms with Gasteiger partial charge < -0.3 is 9.84 Å². The van der Waals surface area contributed by atoms with Gasteiger partial charge in [-0.05, 0) is 22.9 Å². The van der Waals surface area contributed by atoms with Crippen molar-refractivity contribution in [3.63, 3.8) is 0 Å². The van der Waals surface area contributed by atoms with Gasteiger partial charge in [-0.1, -0.05) is 0 Å². The standard InChI is InChI=1S/C9H9BrFNO4/c1-5(13)4-16-9-3-7(11)6(10)2-8(9)12(14)15/h2-3,5,13H,4H2,1H3. The molecule has 0 fully saturated rings. The molecule has 1 aromatic carbocycles. The third-order valence-corrected chi connectivity index (χ3v) is 2.29. The lowest BCUT2D eigenvalue weighted by Crippen LogP contribution is -2.13. The molecule has 0 amide bonds. The van der Waals surface area contributed by atoms with Gasteiger partial charge in [0.05, 0.1) is 15.5 Å². The number of ether oxygens (including phenoxy) is 1. The zero-order chi connectivity index (χ0) is 12.3. The first-order chi connectivity index (χ1) is 7.41. The second-order valence-electron chi connectivity index (χ2n) is 3.15. The molecule has 16 heavy (non-hydrogen) atoms. The van der Waals surface area contributed by atoms with Crippen molar-refractivity contribution in [2.75, 3.05) is 6.61 Å². The lowest BCUT2D eigenvalue weighted by Gasteiger charge is -2.08. The van der Waals surface area contributed by atoms with E-state index in [0.717, 1.165) is 12.1 Å². The van der Waals surface area contributed by atoms with Crippen LogP contribution >= 0.6 is 15.9 Å². The Kier molecular flexibility index (Phi) is 4.19. The summed E-state index contributed by atoms with van der Waals surface area (Å²) in [6, 6.07) is 1.93. The number of halogens is 2. The van der Waals surface area contributed by atoms with E-state index in [2.05, 4.69) is 15.9 Å². The van der Waals surface area contributed by atoms with Gasteiger partial charge in [-0.3, -0.25) is 10.1 Å². The van der Waals surface area contributed by atoms with Crippen molar-refractivity contribution in [1.82, 2.24) is 0 Å². The highest BCUT2D eigenvalue weighted by atomic mass is 79.9. The molecule has 0 aliphatic carbocycles. The molecule has 0 aliphatic rings. The summed E-state index contributed by atoms with van der Waals surface area (Å²) in [7, 11) is 0. The van der Waals surface area contributed by atoms with Gasteiger partial charge in [0.2, 0.25) is 0 Å². The van der Waals surface area contributed by atoms with Crippen LogP contribution in [-0.4, -0.2) is 22.7 Å². The fraction of sp³-hybridized carbons (Fsp3) is 0.333. The van der Waals surface area contributed by atoms with Crippen molar-refractivity contribution in [2.45, 2.75) is 13.0 Å². The number of benzene rings is 1. The van der Waals surface area contributed by atoms with Gasteiger partial charge in [0.15, 0.2) is 5.75 Å². The first kappa shape index (κ1) is 12.9. The maximum absolute atomic E-state index is 13.1. The lowest BCUT2D eigenvalue weighted by atomic mass is 10.3. The first-order valence-electron chi connectivity index (χ1n) is 4.36. The predicted molar refractivity (Wildman–Crippen MR) is 57.9 cm³/mol. The normalized spacial score (nSPS) is 12.2. The molecule has 1 aromatic rings. The smallest absolute Gasteiger partial charge is 0.312 e. The van der Waals surface area contributed by atoms with E-state index in [1.807, 2.05) is 0 Å². The van der Waals surface area contributed by atoms with Gasteiger partial charge in [-0.25, -0.2) is 4.39 Å². The minimum absolute atomic E-state index is 0.0106. The van der Waals surface area contributed by atoms with Crippen LogP contribution in [0.4, 0.5) is 10.1 Å². The second kappa shape index (κ2) is 5.22. The molecule has 0 saturated heterocycles. The fourth-order valence-corrected chi connectivity index (χ4v) is 1.32. The Balaban J connectivity index is 3.05. The van der Waals surface area contributed by atoms with E-state index in [-0.39, 0.29) is 22.5 Å². The fourth-order valence-electron chi connectivity index (χ4n) is 0.987. The Bertz CT molecular complexity index is 411. The van der Waals surface area contributed by atoms with E-state index < -0.39 is 16.8 Å². The first-order valence-corrected chi connectivity index (χ1v) is 5.15. The summed E-state index contributed by atoms with van der Waals surface area (Å²) >= 11 is 2.84. The van der Waals surface area contributed by atoms with Crippen molar-refractivity contribution in [2.24, 2.45) is 0 Å². The maximum Gasteiger partial charge on any atom is 0.312 e. The van der Waals surface area contributed by atoms with Crippen molar-refractivity contribution in [3.8, 4) is 5.75 Å². The summed E-state index contributed by atoms with van der Waals surface area (Å²) in [5, 5.41) is 19.6. The topological polar surface area (TPSA) is 72.6 Å². The highest BCUT2D eigenvalue weighted by Crippen LogP contribution is 2.32. The van der Waals surface area contributed by atoms with Crippen LogP contribution in [0.2, 0.25) is 0 Å². The Labute approximate surface area is 99.1 Å². The molecule has 0 spiro atoms. The molecule has 0 saturated carbocycles. The minimum Gasteiger partial charge on any atom is -0.484 e. The molecule has 1 N–H and O–H groups in total. The number of nitrogens with zero attached hydrogens (tertiary/aromatic N) is 1. The molecule has 0 bridgehead atoms. The van der Waals surface area contributed by atoms with Crippen molar-refractivity contribution in [1.29, 1.82) is 0 Å². The van der Waals surface area contributed by atoms with Crippen LogP contribution in [0.5, 0.6) is 5.75 Å². The van der Waals surface area contributed by atoms with Crippen LogP contribution in [0, 0.1) is 15.9 Å². The van der Waals surface area contributed by atoms with Crippen LogP contribution in [0.15, 0.2) is 16.6 Å². The summed E-state index contributed by atoms with van der Waals surface area (Å²) in [6.45, 7) is 1.32. The molecule has 1 atom stereocenters. The van der Waals surface area contributed by atoms with Crippen molar-refractivity contribution >= 4 is 21.6 Å². The average Bonchev–Trinajstić information content (AvgIpc) is 2.18. The maximum atomic E-state index is 13.1. The number of rotatable bonds is 4. The average molecular weight is 294 g/mol. The minimum atomic E-state index is -0.786. The van der Waals surface area contributed by atoms with E-state index in [1.165, 1.54) is 6.92 Å². The highest BCUT2D eigenvalue weighted by Gasteiger charge is 2.19. The van der Waals surface area contributed by atoms with Crippen LogP contribution in [0.3, 0.4) is 0 Å². The Morgan fingerprint density at radius 1 is 1.69 bits per heavy atom. The van der Waals surface area contributed by atoms with Gasteiger partial charge in [-0.15, -0.1) is 0 Å². The number of nitro groups is 1. The third kappa shape index (κ3) is 3.14. The van der Waals surface area contributed by atoms with Gasteiger partial charge >= 0.3 is 5.69 Å². The Hall–Kier alpha value is -1.21. The molecule has 0 radical (unpaired) electrons. The molecular weight excluding hydrogens is 285 g/mol. The molecule has 1 rings (SSSR count). The molecule has 5 nitrogen and oxygen atoms in total. The SMILES string of the molecule is CC(O)COc1cc(F)c(Br)cc1[N+](=O)[O-].